The lowest BCUT2D eigenvalue weighted by molar-refractivity contribution is -0.160. The van der Waals surface area contributed by atoms with Gasteiger partial charge in [-0.2, -0.15) is 5.10 Å². The number of aliphatic carboxylic acids is 1. The summed E-state index contributed by atoms with van der Waals surface area (Å²) in [7, 11) is 1.72. The third kappa shape index (κ3) is 3.52. The van der Waals surface area contributed by atoms with Crippen molar-refractivity contribution in [2.24, 2.45) is 7.05 Å². The molecule has 1 saturated heterocycles. The molecule has 1 aliphatic rings. The maximum absolute atomic E-state index is 13.0. The van der Waals surface area contributed by atoms with Gasteiger partial charge in [0, 0.05) is 25.4 Å². The van der Waals surface area contributed by atoms with Crippen LogP contribution in [0.3, 0.4) is 0 Å². The molecule has 25 heavy (non-hydrogen) atoms. The Kier molecular flexibility index (Phi) is 4.78. The zero-order valence-corrected chi connectivity index (χ0v) is 14.6. The molecule has 1 N–H and O–H groups in total. The van der Waals surface area contributed by atoms with Crippen molar-refractivity contribution in [3.63, 3.8) is 0 Å². The van der Waals surface area contributed by atoms with Crippen molar-refractivity contribution in [3.8, 4) is 11.3 Å². The first-order chi connectivity index (χ1) is 11.9. The fourth-order valence-electron chi connectivity index (χ4n) is 2.92. The van der Waals surface area contributed by atoms with Crippen LogP contribution in [-0.4, -0.2) is 57.0 Å². The van der Waals surface area contributed by atoms with Crippen molar-refractivity contribution < 1.29 is 19.4 Å². The number of hydrogen-bond acceptors (Lipinski definition) is 4. The minimum atomic E-state index is -1.08. The number of carbonyl (C=O) groups is 2. The summed E-state index contributed by atoms with van der Waals surface area (Å²) in [4.78, 5) is 25.7. The molecule has 0 radical (unpaired) electrons. The number of carboxylic acid groups (broad SMARTS) is 1. The van der Waals surface area contributed by atoms with E-state index in [4.69, 9.17) is 16.3 Å². The first kappa shape index (κ1) is 17.4. The van der Waals surface area contributed by atoms with Gasteiger partial charge in [0.15, 0.2) is 6.10 Å². The van der Waals surface area contributed by atoms with Crippen LogP contribution in [0.4, 0.5) is 0 Å². The summed E-state index contributed by atoms with van der Waals surface area (Å²) in [6.07, 6.45) is 0.226. The van der Waals surface area contributed by atoms with Crippen LogP contribution in [0.1, 0.15) is 17.3 Å². The molecule has 0 aliphatic carbocycles. The van der Waals surface area contributed by atoms with E-state index < -0.39 is 12.1 Å². The van der Waals surface area contributed by atoms with Gasteiger partial charge in [-0.25, -0.2) is 4.79 Å². The molecule has 1 aromatic carbocycles. The number of halogens is 1. The second kappa shape index (κ2) is 6.85. The molecular weight excluding hydrogens is 346 g/mol. The summed E-state index contributed by atoms with van der Waals surface area (Å²) in [5.74, 6) is -1.37. The molecule has 2 aromatic rings. The predicted molar refractivity (Wildman–Crippen MR) is 91.5 cm³/mol. The summed E-state index contributed by atoms with van der Waals surface area (Å²) in [5.41, 5.74) is 1.52. The normalized spacial score (nSPS) is 20.5. The molecule has 3 rings (SSSR count). The highest BCUT2D eigenvalue weighted by Crippen LogP contribution is 2.30. The zero-order chi connectivity index (χ0) is 18.1. The molecule has 0 spiro atoms. The summed E-state index contributed by atoms with van der Waals surface area (Å²) in [6.45, 7) is 2.06. The first-order valence-corrected chi connectivity index (χ1v) is 8.20. The van der Waals surface area contributed by atoms with Crippen LogP contribution in [0.5, 0.6) is 0 Å². The molecule has 132 valence electrons. The van der Waals surface area contributed by atoms with Gasteiger partial charge in [-0.3, -0.25) is 9.48 Å². The van der Waals surface area contributed by atoms with Crippen LogP contribution in [0, 0.1) is 0 Å². The molecule has 1 aromatic heterocycles. The number of aryl methyl sites for hydroxylation is 1. The zero-order valence-electron chi connectivity index (χ0n) is 13.8. The number of carboxylic acids is 1. The first-order valence-electron chi connectivity index (χ1n) is 7.83. The van der Waals surface area contributed by atoms with Crippen molar-refractivity contribution in [3.05, 3.63) is 41.0 Å². The second-order valence-electron chi connectivity index (χ2n) is 6.03. The molecule has 1 fully saturated rings. The van der Waals surface area contributed by atoms with Crippen LogP contribution in [0.25, 0.3) is 11.3 Å². The van der Waals surface area contributed by atoms with E-state index in [2.05, 4.69) is 5.10 Å². The van der Waals surface area contributed by atoms with E-state index >= 15 is 0 Å². The lowest BCUT2D eigenvalue weighted by atomic mass is 10.1. The topological polar surface area (TPSA) is 84.7 Å². The lowest BCUT2D eigenvalue weighted by Gasteiger charge is -2.34. The largest absolute Gasteiger partial charge is 0.479 e. The van der Waals surface area contributed by atoms with Crippen LogP contribution in [-0.2, 0) is 16.6 Å². The van der Waals surface area contributed by atoms with Gasteiger partial charge in [-0.15, -0.1) is 0 Å². The maximum atomic E-state index is 13.0. The predicted octanol–water partition coefficient (Wildman–Crippen LogP) is 2.05. The number of rotatable bonds is 3. The number of carbonyl (C=O) groups excluding carboxylic acids is 1. The van der Waals surface area contributed by atoms with Gasteiger partial charge in [-0.1, -0.05) is 29.8 Å². The van der Waals surface area contributed by atoms with E-state index in [0.29, 0.717) is 28.4 Å². The van der Waals surface area contributed by atoms with Gasteiger partial charge in [0.1, 0.15) is 5.69 Å². The Bertz CT molecular complexity index is 820. The van der Waals surface area contributed by atoms with Gasteiger partial charge in [0.05, 0.1) is 23.2 Å². The van der Waals surface area contributed by atoms with Crippen LogP contribution >= 0.6 is 11.6 Å². The average Bonchev–Trinajstić information content (AvgIpc) is 2.95. The molecule has 1 aliphatic heterocycles. The highest BCUT2D eigenvalue weighted by atomic mass is 35.5. The van der Waals surface area contributed by atoms with Gasteiger partial charge in [0.2, 0.25) is 0 Å². The van der Waals surface area contributed by atoms with Crippen LogP contribution < -0.4 is 0 Å². The summed E-state index contributed by atoms with van der Waals surface area (Å²) >= 11 is 6.25. The SMILES string of the molecule is C[C@@H]1CN(C(=O)c2cn(C)nc2-c2ccccc2Cl)CC(C(=O)O)O1. The van der Waals surface area contributed by atoms with E-state index in [9.17, 15) is 14.7 Å². The number of ether oxygens (including phenoxy) is 1. The van der Waals surface area contributed by atoms with E-state index in [1.54, 1.807) is 43.0 Å². The van der Waals surface area contributed by atoms with Gasteiger partial charge >= 0.3 is 5.97 Å². The van der Waals surface area contributed by atoms with E-state index in [1.807, 2.05) is 6.07 Å². The van der Waals surface area contributed by atoms with E-state index in [1.165, 1.54) is 4.90 Å². The highest BCUT2D eigenvalue weighted by Gasteiger charge is 2.34. The number of nitrogens with zero attached hydrogens (tertiary/aromatic N) is 3. The average molecular weight is 364 g/mol. The van der Waals surface area contributed by atoms with Crippen molar-refractivity contribution in [2.45, 2.75) is 19.1 Å². The highest BCUT2D eigenvalue weighted by molar-refractivity contribution is 6.33. The Morgan fingerprint density at radius 1 is 1.32 bits per heavy atom. The molecule has 1 unspecified atom stereocenters. The number of amides is 1. The number of morpholine rings is 1. The third-order valence-corrected chi connectivity index (χ3v) is 4.34. The molecule has 2 atom stereocenters. The summed E-state index contributed by atoms with van der Waals surface area (Å²) < 4.78 is 6.91. The van der Waals surface area contributed by atoms with Gasteiger partial charge < -0.3 is 14.7 Å². The Hall–Kier alpha value is -2.38. The summed E-state index contributed by atoms with van der Waals surface area (Å²) in [5, 5.41) is 14.1. The molecule has 1 amide bonds. The third-order valence-electron chi connectivity index (χ3n) is 4.01. The number of aromatic nitrogens is 2. The monoisotopic (exact) mass is 363 g/mol. The van der Waals surface area contributed by atoms with Crippen molar-refractivity contribution in [1.29, 1.82) is 0 Å². The quantitative estimate of drug-likeness (QED) is 0.902. The standard InChI is InChI=1S/C17H18ClN3O4/c1-10-7-21(9-14(25-10)17(23)24)16(22)12-8-20(2)19-15(12)11-5-3-4-6-13(11)18/h3-6,8,10,14H,7,9H2,1-2H3,(H,23,24)/t10-,14?/m1/s1. The Balaban J connectivity index is 1.95. The smallest absolute Gasteiger partial charge is 0.334 e. The molecule has 0 saturated carbocycles. The number of benzene rings is 1. The van der Waals surface area contributed by atoms with Gasteiger partial charge in [0.25, 0.3) is 5.91 Å². The van der Waals surface area contributed by atoms with Gasteiger partial charge in [-0.05, 0) is 13.0 Å². The van der Waals surface area contributed by atoms with E-state index in [-0.39, 0.29) is 18.6 Å². The van der Waals surface area contributed by atoms with Crippen molar-refractivity contribution >= 4 is 23.5 Å². The lowest BCUT2D eigenvalue weighted by Crippen LogP contribution is -2.51. The Labute approximate surface area is 149 Å². The van der Waals surface area contributed by atoms with Crippen LogP contribution in [0.15, 0.2) is 30.5 Å². The minimum Gasteiger partial charge on any atom is -0.479 e. The molecule has 0 bridgehead atoms. The number of hydrogen-bond donors (Lipinski definition) is 1. The van der Waals surface area contributed by atoms with Crippen molar-refractivity contribution in [1.82, 2.24) is 14.7 Å². The summed E-state index contributed by atoms with van der Waals surface area (Å²) in [6, 6.07) is 7.15. The molecule has 8 heteroatoms. The van der Waals surface area contributed by atoms with Crippen molar-refractivity contribution in [2.75, 3.05) is 13.1 Å². The molecule has 7 nitrogen and oxygen atoms in total. The molecule has 2 heterocycles. The van der Waals surface area contributed by atoms with Crippen LogP contribution in [0.2, 0.25) is 5.02 Å². The Morgan fingerprint density at radius 3 is 2.72 bits per heavy atom. The molecular formula is C17H18ClN3O4. The fraction of sp³-hybridized carbons (Fsp3) is 0.353. The Morgan fingerprint density at radius 2 is 2.04 bits per heavy atom. The minimum absolute atomic E-state index is 0.00460. The van der Waals surface area contributed by atoms with E-state index in [0.717, 1.165) is 0 Å². The maximum Gasteiger partial charge on any atom is 0.334 e. The second-order valence-corrected chi connectivity index (χ2v) is 6.44. The fourth-order valence-corrected chi connectivity index (χ4v) is 3.15.